The summed E-state index contributed by atoms with van der Waals surface area (Å²) in [7, 11) is 0. The number of halogens is 1. The number of hydrogen-bond acceptors (Lipinski definition) is 5. The number of benzene rings is 1. The van der Waals surface area contributed by atoms with Crippen LogP contribution in [0.25, 0.3) is 0 Å². The molecule has 0 aliphatic carbocycles. The van der Waals surface area contributed by atoms with Gasteiger partial charge in [-0.15, -0.1) is 0 Å². The molecule has 1 aromatic carbocycles. The van der Waals surface area contributed by atoms with Gasteiger partial charge in [-0.3, -0.25) is 14.9 Å². The molecule has 0 amide bonds. The van der Waals surface area contributed by atoms with Gasteiger partial charge in [0.25, 0.3) is 5.69 Å². The first-order valence-electron chi connectivity index (χ1n) is 5.06. The summed E-state index contributed by atoms with van der Waals surface area (Å²) < 4.78 is 4.91. The van der Waals surface area contributed by atoms with E-state index in [4.69, 9.17) is 21.6 Å². The standard InChI is InChI=1S/C12H9ClN2O4/c1-7(6-14)12(19-8(2)16)10-5-9(13)3-4-11(10)15(17)18/h3-5,12H,1H2,2H3. The maximum atomic E-state index is 11.0. The fourth-order valence-corrected chi connectivity index (χ4v) is 1.63. The Morgan fingerprint density at radius 1 is 1.63 bits per heavy atom. The summed E-state index contributed by atoms with van der Waals surface area (Å²) in [6.07, 6.45) is -1.22. The molecule has 0 radical (unpaired) electrons. The SMILES string of the molecule is C=C(C#N)C(OC(C)=O)c1cc(Cl)ccc1[N+](=O)[O-]. The van der Waals surface area contributed by atoms with Gasteiger partial charge in [0.15, 0.2) is 6.10 Å². The Morgan fingerprint density at radius 2 is 2.26 bits per heavy atom. The summed E-state index contributed by atoms with van der Waals surface area (Å²) in [6.45, 7) is 4.56. The summed E-state index contributed by atoms with van der Waals surface area (Å²) in [5, 5.41) is 20.0. The van der Waals surface area contributed by atoms with Crippen LogP contribution >= 0.6 is 11.6 Å². The molecule has 0 N–H and O–H groups in total. The highest BCUT2D eigenvalue weighted by Gasteiger charge is 2.27. The van der Waals surface area contributed by atoms with E-state index >= 15 is 0 Å². The van der Waals surface area contributed by atoms with E-state index in [1.807, 2.05) is 0 Å². The molecule has 0 saturated carbocycles. The normalized spacial score (nSPS) is 11.2. The second-order valence-corrected chi connectivity index (χ2v) is 4.02. The van der Waals surface area contributed by atoms with E-state index in [1.165, 1.54) is 18.2 Å². The lowest BCUT2D eigenvalue weighted by Gasteiger charge is -2.16. The molecule has 0 aliphatic rings. The Hall–Kier alpha value is -2.39. The van der Waals surface area contributed by atoms with Crippen LogP contribution in [-0.2, 0) is 9.53 Å². The first-order chi connectivity index (χ1) is 8.86. The van der Waals surface area contributed by atoms with E-state index in [0.29, 0.717) is 0 Å². The summed E-state index contributed by atoms with van der Waals surface area (Å²) in [5.41, 5.74) is -0.410. The molecule has 0 saturated heterocycles. The Balaban J connectivity index is 3.40. The molecule has 0 aliphatic heterocycles. The van der Waals surface area contributed by atoms with Crippen molar-refractivity contribution in [3.05, 3.63) is 51.1 Å². The van der Waals surface area contributed by atoms with Crippen molar-refractivity contribution in [2.45, 2.75) is 13.0 Å². The molecule has 1 aromatic rings. The highest BCUT2D eigenvalue weighted by atomic mass is 35.5. The first-order valence-corrected chi connectivity index (χ1v) is 5.44. The number of esters is 1. The van der Waals surface area contributed by atoms with E-state index in [2.05, 4.69) is 6.58 Å². The van der Waals surface area contributed by atoms with Crippen LogP contribution in [0, 0.1) is 21.4 Å². The molecule has 1 rings (SSSR count). The van der Waals surface area contributed by atoms with Crippen molar-refractivity contribution in [1.29, 1.82) is 5.26 Å². The predicted octanol–water partition coefficient (Wildman–Crippen LogP) is 2.93. The van der Waals surface area contributed by atoms with Gasteiger partial charge in [0.2, 0.25) is 0 Å². The smallest absolute Gasteiger partial charge is 0.303 e. The average molecular weight is 281 g/mol. The van der Waals surface area contributed by atoms with Crippen molar-refractivity contribution in [2.75, 3.05) is 0 Å². The Kier molecular flexibility index (Phi) is 4.62. The minimum atomic E-state index is -1.22. The maximum absolute atomic E-state index is 11.0. The quantitative estimate of drug-likeness (QED) is 0.366. The van der Waals surface area contributed by atoms with E-state index in [1.54, 1.807) is 6.07 Å². The number of rotatable bonds is 4. The molecule has 1 unspecified atom stereocenters. The molecule has 0 fully saturated rings. The molecular weight excluding hydrogens is 272 g/mol. The molecule has 98 valence electrons. The number of carbonyl (C=O) groups is 1. The van der Waals surface area contributed by atoms with Crippen LogP contribution in [0.2, 0.25) is 5.02 Å². The lowest BCUT2D eigenvalue weighted by atomic mass is 10.0. The number of nitro groups is 1. The maximum Gasteiger partial charge on any atom is 0.303 e. The summed E-state index contributed by atoms with van der Waals surface area (Å²) in [4.78, 5) is 21.3. The third kappa shape index (κ3) is 3.53. The average Bonchev–Trinajstić information content (AvgIpc) is 2.34. The lowest BCUT2D eigenvalue weighted by molar-refractivity contribution is -0.386. The van der Waals surface area contributed by atoms with Gasteiger partial charge in [0.05, 0.1) is 22.1 Å². The van der Waals surface area contributed by atoms with Gasteiger partial charge in [-0.2, -0.15) is 5.26 Å². The predicted molar refractivity (Wildman–Crippen MR) is 67.4 cm³/mol. The highest BCUT2D eigenvalue weighted by molar-refractivity contribution is 6.30. The van der Waals surface area contributed by atoms with Gasteiger partial charge in [-0.1, -0.05) is 18.2 Å². The number of nitriles is 1. The van der Waals surface area contributed by atoms with E-state index in [9.17, 15) is 14.9 Å². The van der Waals surface area contributed by atoms with Crippen molar-refractivity contribution < 1.29 is 14.5 Å². The van der Waals surface area contributed by atoms with Crippen molar-refractivity contribution >= 4 is 23.3 Å². The Morgan fingerprint density at radius 3 is 2.74 bits per heavy atom. The molecule has 0 heterocycles. The van der Waals surface area contributed by atoms with Crippen molar-refractivity contribution in [1.82, 2.24) is 0 Å². The molecule has 1 atom stereocenters. The van der Waals surface area contributed by atoms with Crippen molar-refractivity contribution in [2.24, 2.45) is 0 Å². The zero-order chi connectivity index (χ0) is 14.6. The zero-order valence-electron chi connectivity index (χ0n) is 9.92. The first kappa shape index (κ1) is 14.7. The molecular formula is C12H9ClN2O4. The zero-order valence-corrected chi connectivity index (χ0v) is 10.7. The molecule has 6 nitrogen and oxygen atoms in total. The molecule has 0 spiro atoms. The number of ether oxygens (including phenoxy) is 1. The monoisotopic (exact) mass is 280 g/mol. The minimum absolute atomic E-state index is 0.0132. The van der Waals surface area contributed by atoms with Crippen molar-refractivity contribution in [3.8, 4) is 6.07 Å². The van der Waals surface area contributed by atoms with Gasteiger partial charge < -0.3 is 4.74 Å². The van der Waals surface area contributed by atoms with Crippen LogP contribution in [0.5, 0.6) is 0 Å². The number of hydrogen-bond donors (Lipinski definition) is 0. The van der Waals surface area contributed by atoms with Gasteiger partial charge in [0, 0.05) is 18.0 Å². The summed E-state index contributed by atoms with van der Waals surface area (Å²) in [5.74, 6) is -0.685. The molecule has 7 heteroatoms. The topological polar surface area (TPSA) is 93.2 Å². The summed E-state index contributed by atoms with van der Waals surface area (Å²) in [6, 6.07) is 5.51. The lowest BCUT2D eigenvalue weighted by Crippen LogP contribution is -2.12. The summed E-state index contributed by atoms with van der Waals surface area (Å²) >= 11 is 5.77. The van der Waals surface area contributed by atoms with E-state index in [0.717, 1.165) is 6.92 Å². The molecule has 0 aromatic heterocycles. The van der Waals surface area contributed by atoms with Crippen LogP contribution in [0.1, 0.15) is 18.6 Å². The van der Waals surface area contributed by atoms with E-state index in [-0.39, 0.29) is 21.8 Å². The third-order valence-corrected chi connectivity index (χ3v) is 2.45. The number of carbonyl (C=O) groups excluding carboxylic acids is 1. The second-order valence-electron chi connectivity index (χ2n) is 3.59. The van der Waals surface area contributed by atoms with Gasteiger partial charge in [-0.25, -0.2) is 0 Å². The number of nitrogens with zero attached hydrogens (tertiary/aromatic N) is 2. The van der Waals surface area contributed by atoms with Crippen molar-refractivity contribution in [3.63, 3.8) is 0 Å². The van der Waals surface area contributed by atoms with Gasteiger partial charge in [-0.05, 0) is 12.1 Å². The third-order valence-electron chi connectivity index (χ3n) is 2.21. The van der Waals surface area contributed by atoms with Gasteiger partial charge in [0.1, 0.15) is 0 Å². The van der Waals surface area contributed by atoms with E-state index < -0.39 is 17.0 Å². The Labute approximate surface area is 114 Å². The van der Waals surface area contributed by atoms with Crippen LogP contribution in [0.15, 0.2) is 30.4 Å². The number of nitro benzene ring substituents is 1. The fraction of sp³-hybridized carbons (Fsp3) is 0.167. The largest absolute Gasteiger partial charge is 0.452 e. The van der Waals surface area contributed by atoms with Crippen LogP contribution < -0.4 is 0 Å². The molecule has 0 bridgehead atoms. The van der Waals surface area contributed by atoms with Crippen LogP contribution in [0.3, 0.4) is 0 Å². The van der Waals surface area contributed by atoms with Crippen LogP contribution in [0.4, 0.5) is 5.69 Å². The highest BCUT2D eigenvalue weighted by Crippen LogP contribution is 2.34. The van der Waals surface area contributed by atoms with Crippen LogP contribution in [-0.4, -0.2) is 10.9 Å². The minimum Gasteiger partial charge on any atom is -0.452 e. The fourth-order valence-electron chi connectivity index (χ4n) is 1.45. The second kappa shape index (κ2) is 5.98. The Bertz CT molecular complexity index is 592. The van der Waals surface area contributed by atoms with Gasteiger partial charge >= 0.3 is 5.97 Å². The molecule has 19 heavy (non-hydrogen) atoms.